The number of aromatic hydroxyl groups is 1. The molecule has 6 nitrogen and oxygen atoms in total. The SMILES string of the molecule is CC(NC(=O)c1cccs1)C(=O)N(Cc1ccco1)Cc1ccccc1O. The first kappa shape index (κ1) is 18.7. The molecular weight excluding hydrogens is 364 g/mol. The molecule has 0 fully saturated rings. The van der Waals surface area contributed by atoms with Gasteiger partial charge in [-0.25, -0.2) is 0 Å². The number of hydrogen-bond acceptors (Lipinski definition) is 5. The van der Waals surface area contributed by atoms with Gasteiger partial charge in [0.15, 0.2) is 0 Å². The van der Waals surface area contributed by atoms with Crippen LogP contribution in [0.25, 0.3) is 0 Å². The summed E-state index contributed by atoms with van der Waals surface area (Å²) in [5.74, 6) is 0.187. The van der Waals surface area contributed by atoms with Crippen LogP contribution in [0.4, 0.5) is 0 Å². The van der Waals surface area contributed by atoms with Crippen molar-refractivity contribution in [3.63, 3.8) is 0 Å². The smallest absolute Gasteiger partial charge is 0.261 e. The van der Waals surface area contributed by atoms with E-state index in [1.807, 2.05) is 5.38 Å². The van der Waals surface area contributed by atoms with Crippen molar-refractivity contribution in [3.05, 3.63) is 76.4 Å². The van der Waals surface area contributed by atoms with Gasteiger partial charge in [-0.1, -0.05) is 24.3 Å². The van der Waals surface area contributed by atoms with Gasteiger partial charge in [0.2, 0.25) is 5.91 Å². The van der Waals surface area contributed by atoms with Crippen molar-refractivity contribution in [2.45, 2.75) is 26.1 Å². The van der Waals surface area contributed by atoms with E-state index in [4.69, 9.17) is 4.42 Å². The van der Waals surface area contributed by atoms with Crippen LogP contribution >= 0.6 is 11.3 Å². The van der Waals surface area contributed by atoms with Crippen molar-refractivity contribution >= 4 is 23.2 Å². The molecule has 27 heavy (non-hydrogen) atoms. The Hall–Kier alpha value is -3.06. The van der Waals surface area contributed by atoms with Gasteiger partial charge >= 0.3 is 0 Å². The number of phenolic OH excluding ortho intramolecular Hbond substituents is 1. The summed E-state index contributed by atoms with van der Waals surface area (Å²) in [6.07, 6.45) is 1.54. The van der Waals surface area contributed by atoms with Crippen molar-refractivity contribution in [3.8, 4) is 5.75 Å². The maximum Gasteiger partial charge on any atom is 0.261 e. The molecule has 0 saturated carbocycles. The molecule has 140 valence electrons. The normalized spacial score (nSPS) is 11.7. The molecule has 2 N–H and O–H groups in total. The standard InChI is InChI=1S/C20H20N2O4S/c1-14(21-19(24)18-9-5-11-27-18)20(25)22(13-16-7-4-10-26-16)12-15-6-2-3-8-17(15)23/h2-11,14,23H,12-13H2,1H3,(H,21,24). The van der Waals surface area contributed by atoms with Gasteiger partial charge in [-0.05, 0) is 36.6 Å². The zero-order chi connectivity index (χ0) is 19.2. The molecule has 1 aromatic carbocycles. The van der Waals surface area contributed by atoms with E-state index in [1.54, 1.807) is 66.6 Å². The van der Waals surface area contributed by atoms with Gasteiger partial charge < -0.3 is 19.7 Å². The highest BCUT2D eigenvalue weighted by molar-refractivity contribution is 7.12. The van der Waals surface area contributed by atoms with E-state index in [2.05, 4.69) is 5.32 Å². The molecule has 0 saturated heterocycles. The number of phenols is 1. The van der Waals surface area contributed by atoms with Crippen LogP contribution in [0.2, 0.25) is 0 Å². The zero-order valence-electron chi connectivity index (χ0n) is 14.8. The van der Waals surface area contributed by atoms with Crippen molar-refractivity contribution in [1.29, 1.82) is 0 Å². The van der Waals surface area contributed by atoms with Crippen molar-refractivity contribution in [2.75, 3.05) is 0 Å². The van der Waals surface area contributed by atoms with E-state index in [1.165, 1.54) is 11.3 Å². The highest BCUT2D eigenvalue weighted by Gasteiger charge is 2.24. The van der Waals surface area contributed by atoms with Crippen LogP contribution in [0.1, 0.15) is 27.9 Å². The lowest BCUT2D eigenvalue weighted by Crippen LogP contribution is -2.46. The summed E-state index contributed by atoms with van der Waals surface area (Å²) < 4.78 is 5.36. The van der Waals surface area contributed by atoms with Crippen molar-refractivity contribution < 1.29 is 19.1 Å². The summed E-state index contributed by atoms with van der Waals surface area (Å²) in [7, 11) is 0. The summed E-state index contributed by atoms with van der Waals surface area (Å²) in [6.45, 7) is 2.08. The molecule has 0 aliphatic carbocycles. The number of para-hydroxylation sites is 1. The maximum atomic E-state index is 13.0. The fourth-order valence-electron chi connectivity index (χ4n) is 2.66. The third-order valence-electron chi connectivity index (χ3n) is 4.05. The minimum atomic E-state index is -0.722. The van der Waals surface area contributed by atoms with Gasteiger partial charge in [0.1, 0.15) is 17.6 Å². The number of nitrogens with zero attached hydrogens (tertiary/aromatic N) is 1. The first-order valence-electron chi connectivity index (χ1n) is 8.47. The average molecular weight is 384 g/mol. The van der Waals surface area contributed by atoms with E-state index in [9.17, 15) is 14.7 Å². The number of benzene rings is 1. The van der Waals surface area contributed by atoms with Gasteiger partial charge in [-0.2, -0.15) is 0 Å². The lowest BCUT2D eigenvalue weighted by Gasteiger charge is -2.26. The van der Waals surface area contributed by atoms with Crippen molar-refractivity contribution in [2.24, 2.45) is 0 Å². The van der Waals surface area contributed by atoms with Crippen LogP contribution in [-0.2, 0) is 17.9 Å². The largest absolute Gasteiger partial charge is 0.508 e. The third kappa shape index (κ3) is 4.77. The number of hydrogen-bond donors (Lipinski definition) is 2. The van der Waals surface area contributed by atoms with Crippen LogP contribution in [0, 0.1) is 0 Å². The second kappa shape index (κ2) is 8.55. The summed E-state index contributed by atoms with van der Waals surface area (Å²) in [5, 5.41) is 14.6. The average Bonchev–Trinajstić information content (AvgIpc) is 3.36. The van der Waals surface area contributed by atoms with Gasteiger partial charge in [0.25, 0.3) is 5.91 Å². The van der Waals surface area contributed by atoms with E-state index >= 15 is 0 Å². The fourth-order valence-corrected chi connectivity index (χ4v) is 3.29. The Balaban J connectivity index is 1.75. The highest BCUT2D eigenvalue weighted by atomic mass is 32.1. The molecule has 2 aromatic heterocycles. The minimum absolute atomic E-state index is 0.116. The van der Waals surface area contributed by atoms with Gasteiger partial charge in [-0.15, -0.1) is 11.3 Å². The molecule has 0 spiro atoms. The summed E-state index contributed by atoms with van der Waals surface area (Å²) in [5.41, 5.74) is 0.620. The Morgan fingerprint density at radius 2 is 1.96 bits per heavy atom. The van der Waals surface area contributed by atoms with Crippen LogP contribution in [0.5, 0.6) is 5.75 Å². The first-order chi connectivity index (χ1) is 13.0. The van der Waals surface area contributed by atoms with Crippen molar-refractivity contribution in [1.82, 2.24) is 10.2 Å². The molecule has 0 aliphatic heterocycles. The Morgan fingerprint density at radius 3 is 2.63 bits per heavy atom. The number of amides is 2. The molecule has 0 aliphatic rings. The van der Waals surface area contributed by atoms with Gasteiger partial charge in [0, 0.05) is 12.1 Å². The molecule has 2 amide bonds. The van der Waals surface area contributed by atoms with E-state index in [0.29, 0.717) is 16.2 Å². The monoisotopic (exact) mass is 384 g/mol. The Bertz CT molecular complexity index is 891. The molecular formula is C20H20N2O4S. The first-order valence-corrected chi connectivity index (χ1v) is 9.35. The lowest BCUT2D eigenvalue weighted by molar-refractivity contribution is -0.134. The number of rotatable bonds is 7. The van der Waals surface area contributed by atoms with Gasteiger partial charge in [-0.3, -0.25) is 9.59 Å². The maximum absolute atomic E-state index is 13.0. The highest BCUT2D eigenvalue weighted by Crippen LogP contribution is 2.20. The molecule has 2 heterocycles. The van der Waals surface area contributed by atoms with Crippen LogP contribution < -0.4 is 5.32 Å². The summed E-state index contributed by atoms with van der Waals surface area (Å²) in [6, 6.07) is 13.2. The predicted molar refractivity (Wildman–Crippen MR) is 102 cm³/mol. The molecule has 1 unspecified atom stereocenters. The second-order valence-electron chi connectivity index (χ2n) is 6.07. The molecule has 0 bridgehead atoms. The molecule has 7 heteroatoms. The predicted octanol–water partition coefficient (Wildman–Crippen LogP) is 3.39. The Morgan fingerprint density at radius 1 is 1.15 bits per heavy atom. The number of carbonyl (C=O) groups excluding carboxylic acids is 2. The lowest BCUT2D eigenvalue weighted by atomic mass is 10.1. The third-order valence-corrected chi connectivity index (χ3v) is 4.92. The van der Waals surface area contributed by atoms with Crippen LogP contribution in [0.15, 0.2) is 64.6 Å². The fraction of sp³-hybridized carbons (Fsp3) is 0.200. The molecule has 0 radical (unpaired) electrons. The number of furan rings is 1. The summed E-state index contributed by atoms with van der Waals surface area (Å²) >= 11 is 1.32. The molecule has 1 atom stereocenters. The van der Waals surface area contributed by atoms with E-state index in [0.717, 1.165) is 0 Å². The second-order valence-corrected chi connectivity index (χ2v) is 7.02. The summed E-state index contributed by atoms with van der Waals surface area (Å²) in [4.78, 5) is 27.3. The molecule has 3 rings (SSSR count). The minimum Gasteiger partial charge on any atom is -0.508 e. The Labute approximate surface area is 161 Å². The topological polar surface area (TPSA) is 82.8 Å². The number of nitrogens with one attached hydrogen (secondary N) is 1. The van der Waals surface area contributed by atoms with Crippen LogP contribution in [-0.4, -0.2) is 27.9 Å². The van der Waals surface area contributed by atoms with E-state index < -0.39 is 6.04 Å². The zero-order valence-corrected chi connectivity index (χ0v) is 15.6. The Kier molecular flexibility index (Phi) is 5.93. The van der Waals surface area contributed by atoms with Crippen LogP contribution in [0.3, 0.4) is 0 Å². The molecule has 3 aromatic rings. The number of thiophene rings is 1. The number of carbonyl (C=O) groups is 2. The quantitative estimate of drug-likeness (QED) is 0.654. The van der Waals surface area contributed by atoms with Gasteiger partial charge in [0.05, 0.1) is 17.7 Å². The van der Waals surface area contributed by atoms with E-state index in [-0.39, 0.29) is 30.7 Å².